The third-order valence-electron chi connectivity index (χ3n) is 6.18. The Morgan fingerprint density at radius 2 is 2.00 bits per heavy atom. The van der Waals surface area contributed by atoms with Crippen LogP contribution in [0.5, 0.6) is 0 Å². The Kier molecular flexibility index (Phi) is 5.33. The number of anilines is 3. The molecule has 2 aromatic carbocycles. The van der Waals surface area contributed by atoms with Gasteiger partial charge in [0.25, 0.3) is 0 Å². The van der Waals surface area contributed by atoms with Crippen LogP contribution in [0.2, 0.25) is 0 Å². The highest BCUT2D eigenvalue weighted by Crippen LogP contribution is 2.41. The molecule has 0 spiro atoms. The molecule has 1 fully saturated rings. The highest BCUT2D eigenvalue weighted by molar-refractivity contribution is 6.17. The first kappa shape index (κ1) is 21.4. The van der Waals surface area contributed by atoms with Crippen molar-refractivity contribution in [3.63, 3.8) is 0 Å². The van der Waals surface area contributed by atoms with Crippen molar-refractivity contribution in [3.8, 4) is 0 Å². The van der Waals surface area contributed by atoms with Crippen molar-refractivity contribution in [3.05, 3.63) is 90.9 Å². The van der Waals surface area contributed by atoms with E-state index in [4.69, 9.17) is 11.1 Å². The second-order valence-electron chi connectivity index (χ2n) is 8.51. The molecule has 8 heteroatoms. The molecule has 0 aliphatic heterocycles. The number of para-hydroxylation sites is 1. The lowest BCUT2D eigenvalue weighted by molar-refractivity contribution is -0.114. The molecule has 5 rings (SSSR count). The highest BCUT2D eigenvalue weighted by Gasteiger charge is 2.46. The molecule has 34 heavy (non-hydrogen) atoms. The topological polar surface area (TPSA) is 124 Å². The fourth-order valence-corrected chi connectivity index (χ4v) is 4.13. The van der Waals surface area contributed by atoms with Crippen LogP contribution < -0.4 is 16.0 Å². The molecule has 170 valence electrons. The van der Waals surface area contributed by atoms with E-state index in [1.54, 1.807) is 4.90 Å². The molecule has 0 unspecified atom stereocenters. The standard InChI is InChI=1S/C26H25N7O/c1-2-21(34)33(19-6-4-3-5-7-19)15-26(11-12-26)32-25-22(24(28)30-16-31-25)23(27)18-9-8-17-10-13-29-20(17)14-18/h2-10,13-14,16,27,29H,1,11-12,15H2,(H3,28,30,31,32). The minimum atomic E-state index is -0.381. The molecule has 1 aliphatic carbocycles. The number of carbonyl (C=O) groups excluding carboxylic acids is 1. The van der Waals surface area contributed by atoms with Gasteiger partial charge in [0.1, 0.15) is 18.0 Å². The number of H-pyrrole nitrogens is 1. The Hall–Kier alpha value is -4.46. The van der Waals surface area contributed by atoms with Crippen molar-refractivity contribution in [2.75, 3.05) is 22.5 Å². The summed E-state index contributed by atoms with van der Waals surface area (Å²) in [6.07, 6.45) is 6.29. The van der Waals surface area contributed by atoms with E-state index in [1.165, 1.54) is 12.4 Å². The van der Waals surface area contributed by atoms with Crippen LogP contribution in [0.4, 0.5) is 17.3 Å². The Morgan fingerprint density at radius 3 is 2.74 bits per heavy atom. The Morgan fingerprint density at radius 1 is 1.21 bits per heavy atom. The molecule has 0 bridgehead atoms. The van der Waals surface area contributed by atoms with E-state index in [-0.39, 0.29) is 23.0 Å². The monoisotopic (exact) mass is 451 g/mol. The second-order valence-corrected chi connectivity index (χ2v) is 8.51. The molecular weight excluding hydrogens is 426 g/mol. The summed E-state index contributed by atoms with van der Waals surface area (Å²) in [5.74, 6) is 0.543. The van der Waals surface area contributed by atoms with Gasteiger partial charge in [-0.2, -0.15) is 0 Å². The summed E-state index contributed by atoms with van der Waals surface area (Å²) in [5, 5.41) is 13.5. The lowest BCUT2D eigenvalue weighted by Crippen LogP contribution is -2.42. The summed E-state index contributed by atoms with van der Waals surface area (Å²) in [6, 6.07) is 17.3. The van der Waals surface area contributed by atoms with E-state index >= 15 is 0 Å². The summed E-state index contributed by atoms with van der Waals surface area (Å²) in [6.45, 7) is 4.10. The number of rotatable bonds is 8. The lowest BCUT2D eigenvalue weighted by atomic mass is 10.0. The van der Waals surface area contributed by atoms with Crippen molar-refractivity contribution in [2.45, 2.75) is 18.4 Å². The molecule has 1 saturated carbocycles. The number of fused-ring (bicyclic) bond motifs is 1. The zero-order valence-electron chi connectivity index (χ0n) is 18.6. The van der Waals surface area contributed by atoms with E-state index in [2.05, 4.69) is 26.8 Å². The molecule has 0 atom stereocenters. The summed E-state index contributed by atoms with van der Waals surface area (Å²) >= 11 is 0. The number of aromatic nitrogens is 3. The minimum absolute atomic E-state index is 0.173. The first-order valence-electron chi connectivity index (χ1n) is 11.0. The van der Waals surface area contributed by atoms with Crippen molar-refractivity contribution in [1.82, 2.24) is 15.0 Å². The summed E-state index contributed by atoms with van der Waals surface area (Å²) in [5.41, 5.74) is 8.98. The maximum atomic E-state index is 12.7. The highest BCUT2D eigenvalue weighted by atomic mass is 16.2. The molecule has 0 radical (unpaired) electrons. The number of nitrogens with zero attached hydrogens (tertiary/aromatic N) is 3. The van der Waals surface area contributed by atoms with Crippen LogP contribution >= 0.6 is 0 Å². The van der Waals surface area contributed by atoms with E-state index in [0.717, 1.165) is 29.4 Å². The number of nitrogen functional groups attached to an aromatic ring is 1. The third-order valence-corrected chi connectivity index (χ3v) is 6.18. The Bertz CT molecular complexity index is 1390. The summed E-state index contributed by atoms with van der Waals surface area (Å²) in [7, 11) is 0. The molecule has 2 heterocycles. The number of aromatic amines is 1. The normalized spacial score (nSPS) is 13.9. The number of hydrogen-bond acceptors (Lipinski definition) is 6. The van der Waals surface area contributed by atoms with Gasteiger partial charge >= 0.3 is 0 Å². The largest absolute Gasteiger partial charge is 0.383 e. The summed E-state index contributed by atoms with van der Waals surface area (Å²) in [4.78, 5) is 26.1. The smallest absolute Gasteiger partial charge is 0.250 e. The molecule has 0 saturated heterocycles. The van der Waals surface area contributed by atoms with Crippen LogP contribution in [0, 0.1) is 5.41 Å². The number of benzene rings is 2. The molecule has 5 N–H and O–H groups in total. The van der Waals surface area contributed by atoms with Crippen molar-refractivity contribution in [2.24, 2.45) is 0 Å². The zero-order valence-corrected chi connectivity index (χ0v) is 18.6. The fraction of sp³-hybridized carbons (Fsp3) is 0.154. The first-order chi connectivity index (χ1) is 16.5. The van der Waals surface area contributed by atoms with Crippen LogP contribution in [-0.2, 0) is 4.79 Å². The van der Waals surface area contributed by atoms with Crippen molar-refractivity contribution >= 4 is 39.8 Å². The van der Waals surface area contributed by atoms with E-state index < -0.39 is 0 Å². The molecular formula is C26H25N7O. The lowest BCUT2D eigenvalue weighted by Gasteiger charge is -2.28. The molecule has 1 aliphatic rings. The van der Waals surface area contributed by atoms with Gasteiger partial charge in [-0.3, -0.25) is 10.2 Å². The third kappa shape index (κ3) is 4.01. The Balaban J connectivity index is 1.45. The molecule has 4 aromatic rings. The number of hydrogen-bond donors (Lipinski definition) is 4. The van der Waals surface area contributed by atoms with Gasteiger partial charge in [0.2, 0.25) is 5.91 Å². The van der Waals surface area contributed by atoms with Crippen LogP contribution in [-0.4, -0.2) is 38.7 Å². The van der Waals surface area contributed by atoms with Crippen LogP contribution in [0.15, 0.2) is 79.8 Å². The number of carbonyl (C=O) groups is 1. The minimum Gasteiger partial charge on any atom is -0.383 e. The maximum Gasteiger partial charge on any atom is 0.250 e. The molecule has 8 nitrogen and oxygen atoms in total. The van der Waals surface area contributed by atoms with Gasteiger partial charge in [0.15, 0.2) is 0 Å². The fourth-order valence-electron chi connectivity index (χ4n) is 4.13. The predicted molar refractivity (Wildman–Crippen MR) is 135 cm³/mol. The quantitative estimate of drug-likeness (QED) is 0.237. The van der Waals surface area contributed by atoms with Crippen molar-refractivity contribution < 1.29 is 4.79 Å². The SMILES string of the molecule is C=CC(=O)N(CC1(Nc2ncnc(N)c2C(=N)c2ccc3cc[nH]c3c2)CC1)c1ccccc1. The Labute approximate surface area is 197 Å². The van der Waals surface area contributed by atoms with Gasteiger partial charge in [-0.15, -0.1) is 0 Å². The van der Waals surface area contributed by atoms with Gasteiger partial charge in [-0.05, 0) is 48.6 Å². The van der Waals surface area contributed by atoms with Crippen LogP contribution in [0.1, 0.15) is 24.0 Å². The zero-order chi connectivity index (χ0) is 23.7. The number of nitrogens with one attached hydrogen (secondary N) is 3. The summed E-state index contributed by atoms with van der Waals surface area (Å²) < 4.78 is 0. The van der Waals surface area contributed by atoms with Gasteiger partial charge in [0, 0.05) is 29.5 Å². The maximum absolute atomic E-state index is 12.7. The van der Waals surface area contributed by atoms with Crippen molar-refractivity contribution in [1.29, 1.82) is 5.41 Å². The number of nitrogens with two attached hydrogens (primary N) is 1. The van der Waals surface area contributed by atoms with Gasteiger partial charge < -0.3 is 20.9 Å². The van der Waals surface area contributed by atoms with Crippen LogP contribution in [0.3, 0.4) is 0 Å². The second kappa shape index (κ2) is 8.47. The van der Waals surface area contributed by atoms with E-state index in [0.29, 0.717) is 23.5 Å². The van der Waals surface area contributed by atoms with E-state index in [9.17, 15) is 4.79 Å². The average Bonchev–Trinajstić information content (AvgIpc) is 3.44. The van der Waals surface area contributed by atoms with Gasteiger partial charge in [0.05, 0.1) is 16.8 Å². The van der Waals surface area contributed by atoms with E-state index in [1.807, 2.05) is 60.8 Å². The van der Waals surface area contributed by atoms with Gasteiger partial charge in [-0.1, -0.05) is 36.9 Å². The van der Waals surface area contributed by atoms with Crippen LogP contribution in [0.25, 0.3) is 10.9 Å². The first-order valence-corrected chi connectivity index (χ1v) is 11.0. The number of amides is 1. The predicted octanol–water partition coefficient (Wildman–Crippen LogP) is 4.12. The van der Waals surface area contributed by atoms with Gasteiger partial charge in [-0.25, -0.2) is 9.97 Å². The molecule has 1 amide bonds. The molecule has 2 aromatic heterocycles. The average molecular weight is 452 g/mol.